The number of hydrogen-bond donors (Lipinski definition) is 1. The molecule has 0 radical (unpaired) electrons. The predicted molar refractivity (Wildman–Crippen MR) is 57.5 cm³/mol. The minimum absolute atomic E-state index is 0.228. The molecule has 2 rings (SSSR count). The summed E-state index contributed by atoms with van der Waals surface area (Å²) in [5.74, 6) is 1.52. The third kappa shape index (κ3) is 1.90. The molecule has 1 aromatic rings. The lowest BCUT2D eigenvalue weighted by Gasteiger charge is -2.13. The van der Waals surface area contributed by atoms with E-state index in [1.54, 1.807) is 0 Å². The number of hydrogen-bond acceptors (Lipinski definition) is 2. The van der Waals surface area contributed by atoms with E-state index in [1.165, 1.54) is 5.56 Å². The smallest absolute Gasteiger partial charge is 0.123 e. The molecule has 0 aromatic heterocycles. The molecule has 1 saturated carbocycles. The van der Waals surface area contributed by atoms with Crippen LogP contribution in [0.5, 0.6) is 5.75 Å². The second kappa shape index (κ2) is 3.62. The molecule has 14 heavy (non-hydrogen) atoms. The first-order valence-electron chi connectivity index (χ1n) is 5.19. The van der Waals surface area contributed by atoms with E-state index in [0.717, 1.165) is 12.2 Å². The zero-order valence-corrected chi connectivity index (χ0v) is 8.73. The van der Waals surface area contributed by atoms with Crippen molar-refractivity contribution in [2.45, 2.75) is 38.3 Å². The van der Waals surface area contributed by atoms with Gasteiger partial charge in [-0.25, -0.2) is 0 Å². The minimum atomic E-state index is 0.228. The fraction of sp³-hybridized carbons (Fsp3) is 0.500. The minimum Gasteiger partial charge on any atom is -0.491 e. The number of benzene rings is 1. The summed E-state index contributed by atoms with van der Waals surface area (Å²) in [6.45, 7) is 4.09. The lowest BCUT2D eigenvalue weighted by atomic mass is 10.1. The van der Waals surface area contributed by atoms with Crippen molar-refractivity contribution in [3.8, 4) is 5.75 Å². The molecule has 0 heterocycles. The molecule has 2 atom stereocenters. The van der Waals surface area contributed by atoms with Crippen molar-refractivity contribution in [3.05, 3.63) is 29.8 Å². The average Bonchev–Trinajstić information content (AvgIpc) is 2.82. The molecule has 1 aromatic carbocycles. The van der Waals surface area contributed by atoms with E-state index in [-0.39, 0.29) is 6.10 Å². The summed E-state index contributed by atoms with van der Waals surface area (Å²) < 4.78 is 5.74. The maximum absolute atomic E-state index is 5.84. The Kier molecular flexibility index (Phi) is 2.46. The van der Waals surface area contributed by atoms with Crippen LogP contribution >= 0.6 is 0 Å². The van der Waals surface area contributed by atoms with Gasteiger partial charge in [-0.2, -0.15) is 0 Å². The summed E-state index contributed by atoms with van der Waals surface area (Å²) in [4.78, 5) is 0. The van der Waals surface area contributed by atoms with Crippen molar-refractivity contribution in [2.24, 2.45) is 5.73 Å². The highest BCUT2D eigenvalue weighted by Crippen LogP contribution is 2.43. The molecule has 2 heteroatoms. The molecule has 0 aliphatic heterocycles. The third-order valence-electron chi connectivity index (χ3n) is 2.52. The second-order valence-corrected chi connectivity index (χ2v) is 4.21. The van der Waals surface area contributed by atoms with Crippen molar-refractivity contribution >= 4 is 0 Å². The molecule has 0 bridgehead atoms. The van der Waals surface area contributed by atoms with Crippen molar-refractivity contribution in [2.75, 3.05) is 0 Å². The van der Waals surface area contributed by atoms with E-state index in [2.05, 4.69) is 6.07 Å². The molecule has 0 unspecified atom stereocenters. The Bertz CT molecular complexity index is 322. The van der Waals surface area contributed by atoms with Gasteiger partial charge < -0.3 is 10.5 Å². The summed E-state index contributed by atoms with van der Waals surface area (Å²) in [6.07, 6.45) is 1.32. The molecule has 0 amide bonds. The Balaban J connectivity index is 2.20. The normalized spacial score (nSPS) is 25.1. The van der Waals surface area contributed by atoms with Crippen LogP contribution in [-0.2, 0) is 0 Å². The van der Waals surface area contributed by atoms with E-state index < -0.39 is 0 Å². The Morgan fingerprint density at radius 3 is 2.57 bits per heavy atom. The lowest BCUT2D eigenvalue weighted by molar-refractivity contribution is 0.240. The third-order valence-corrected chi connectivity index (χ3v) is 2.52. The maximum atomic E-state index is 5.84. The van der Waals surface area contributed by atoms with Gasteiger partial charge in [0.25, 0.3) is 0 Å². The van der Waals surface area contributed by atoms with Crippen LogP contribution in [0.1, 0.15) is 31.7 Å². The molecule has 1 aliphatic rings. The van der Waals surface area contributed by atoms with Gasteiger partial charge in [0.15, 0.2) is 0 Å². The Morgan fingerprint density at radius 2 is 2.00 bits per heavy atom. The summed E-state index contributed by atoms with van der Waals surface area (Å²) >= 11 is 0. The monoisotopic (exact) mass is 191 g/mol. The van der Waals surface area contributed by atoms with E-state index >= 15 is 0 Å². The number of rotatable bonds is 3. The van der Waals surface area contributed by atoms with E-state index in [9.17, 15) is 0 Å². The number of para-hydroxylation sites is 1. The molecular weight excluding hydrogens is 174 g/mol. The molecule has 1 aliphatic carbocycles. The van der Waals surface area contributed by atoms with Crippen LogP contribution in [0.15, 0.2) is 24.3 Å². The van der Waals surface area contributed by atoms with Crippen LogP contribution in [0.3, 0.4) is 0 Å². The Labute approximate surface area is 85.1 Å². The van der Waals surface area contributed by atoms with Crippen molar-refractivity contribution in [1.82, 2.24) is 0 Å². The van der Waals surface area contributed by atoms with Crippen LogP contribution in [-0.4, -0.2) is 12.1 Å². The van der Waals surface area contributed by atoms with Gasteiger partial charge in [-0.1, -0.05) is 18.2 Å². The van der Waals surface area contributed by atoms with Crippen molar-refractivity contribution < 1.29 is 4.74 Å². The highest BCUT2D eigenvalue weighted by Gasteiger charge is 2.36. The standard InChI is InChI=1S/C12H17NO/c1-8(2)14-12-6-4-3-5-9(12)10-7-11(10)13/h3-6,8,10-11H,7,13H2,1-2H3/t10-,11+/m0/s1. The van der Waals surface area contributed by atoms with Gasteiger partial charge in [0.2, 0.25) is 0 Å². The molecule has 1 fully saturated rings. The summed E-state index contributed by atoms with van der Waals surface area (Å²) in [5.41, 5.74) is 7.11. The number of ether oxygens (including phenoxy) is 1. The largest absolute Gasteiger partial charge is 0.491 e. The van der Waals surface area contributed by atoms with E-state index in [1.807, 2.05) is 32.0 Å². The highest BCUT2D eigenvalue weighted by molar-refractivity contribution is 5.40. The van der Waals surface area contributed by atoms with Crippen molar-refractivity contribution in [1.29, 1.82) is 0 Å². The second-order valence-electron chi connectivity index (χ2n) is 4.21. The first-order chi connectivity index (χ1) is 6.68. The van der Waals surface area contributed by atoms with Gasteiger partial charge in [-0.05, 0) is 31.9 Å². The Hall–Kier alpha value is -1.02. The zero-order chi connectivity index (χ0) is 10.1. The molecule has 2 N–H and O–H groups in total. The maximum Gasteiger partial charge on any atom is 0.123 e. The SMILES string of the molecule is CC(C)Oc1ccccc1[C@@H]1C[C@H]1N. The molecule has 0 saturated heterocycles. The zero-order valence-electron chi connectivity index (χ0n) is 8.73. The van der Waals surface area contributed by atoms with Crippen molar-refractivity contribution in [3.63, 3.8) is 0 Å². The summed E-state index contributed by atoms with van der Waals surface area (Å²) in [6, 6.07) is 8.55. The summed E-state index contributed by atoms with van der Waals surface area (Å²) in [5, 5.41) is 0. The first kappa shape index (κ1) is 9.53. The van der Waals surface area contributed by atoms with Gasteiger partial charge >= 0.3 is 0 Å². The van der Waals surface area contributed by atoms with Gasteiger partial charge in [0.1, 0.15) is 5.75 Å². The molecular formula is C12H17NO. The van der Waals surface area contributed by atoms with Gasteiger partial charge in [0, 0.05) is 12.0 Å². The van der Waals surface area contributed by atoms with Crippen LogP contribution in [0.25, 0.3) is 0 Å². The molecule has 76 valence electrons. The average molecular weight is 191 g/mol. The first-order valence-corrected chi connectivity index (χ1v) is 5.19. The topological polar surface area (TPSA) is 35.2 Å². The van der Waals surface area contributed by atoms with Crippen LogP contribution in [0, 0.1) is 0 Å². The van der Waals surface area contributed by atoms with Gasteiger partial charge in [-0.15, -0.1) is 0 Å². The van der Waals surface area contributed by atoms with Gasteiger partial charge in [0.05, 0.1) is 6.10 Å². The predicted octanol–water partition coefficient (Wildman–Crippen LogP) is 2.29. The summed E-state index contributed by atoms with van der Waals surface area (Å²) in [7, 11) is 0. The molecule has 0 spiro atoms. The Morgan fingerprint density at radius 1 is 1.36 bits per heavy atom. The van der Waals surface area contributed by atoms with E-state index in [4.69, 9.17) is 10.5 Å². The highest BCUT2D eigenvalue weighted by atomic mass is 16.5. The van der Waals surface area contributed by atoms with Crippen LogP contribution in [0.2, 0.25) is 0 Å². The van der Waals surface area contributed by atoms with Crippen LogP contribution in [0.4, 0.5) is 0 Å². The van der Waals surface area contributed by atoms with E-state index in [0.29, 0.717) is 12.0 Å². The van der Waals surface area contributed by atoms with Gasteiger partial charge in [-0.3, -0.25) is 0 Å². The fourth-order valence-electron chi connectivity index (χ4n) is 1.72. The lowest BCUT2D eigenvalue weighted by Crippen LogP contribution is -2.08. The van der Waals surface area contributed by atoms with Crippen LogP contribution < -0.4 is 10.5 Å². The molecule has 2 nitrogen and oxygen atoms in total. The number of nitrogens with two attached hydrogens (primary N) is 1. The fourth-order valence-corrected chi connectivity index (χ4v) is 1.72. The quantitative estimate of drug-likeness (QED) is 0.795.